The highest BCUT2D eigenvalue weighted by Crippen LogP contribution is 2.38. The van der Waals surface area contributed by atoms with Gasteiger partial charge in [0.2, 0.25) is 0 Å². The first kappa shape index (κ1) is 12.5. The number of rotatable bonds is 2. The second-order valence-corrected chi connectivity index (χ2v) is 5.69. The lowest BCUT2D eigenvalue weighted by Crippen LogP contribution is -1.97. The van der Waals surface area contributed by atoms with Gasteiger partial charge >= 0.3 is 0 Å². The van der Waals surface area contributed by atoms with Crippen molar-refractivity contribution in [2.24, 2.45) is 5.73 Å². The van der Waals surface area contributed by atoms with E-state index in [0.29, 0.717) is 13.2 Å². The highest BCUT2D eigenvalue weighted by molar-refractivity contribution is 7.10. The van der Waals surface area contributed by atoms with E-state index in [1.165, 1.54) is 16.0 Å². The van der Waals surface area contributed by atoms with E-state index >= 15 is 0 Å². The molecule has 1 aliphatic heterocycles. The molecule has 0 spiro atoms. The molecule has 0 radical (unpaired) electrons. The third kappa shape index (κ3) is 2.33. The minimum absolute atomic E-state index is 0.564. The van der Waals surface area contributed by atoms with Crippen LogP contribution in [0.15, 0.2) is 23.6 Å². The van der Waals surface area contributed by atoms with E-state index in [-0.39, 0.29) is 0 Å². The standard InChI is InChI=1S/C15H17NO2S/c1-10-15(12(8-16)9-19-10)11-3-4-13-14(7-11)18-6-2-5-17-13/h3-4,7,9H,2,5-6,8,16H2,1H3. The summed E-state index contributed by atoms with van der Waals surface area (Å²) in [5, 5.41) is 2.13. The molecule has 1 aliphatic rings. The predicted molar refractivity (Wildman–Crippen MR) is 78.0 cm³/mol. The van der Waals surface area contributed by atoms with Gasteiger partial charge in [0, 0.05) is 17.8 Å². The lowest BCUT2D eigenvalue weighted by atomic mass is 10.0. The first-order valence-electron chi connectivity index (χ1n) is 6.46. The van der Waals surface area contributed by atoms with Crippen molar-refractivity contribution < 1.29 is 9.47 Å². The maximum absolute atomic E-state index is 5.81. The zero-order valence-corrected chi connectivity index (χ0v) is 11.8. The van der Waals surface area contributed by atoms with E-state index in [0.717, 1.165) is 30.1 Å². The Bertz CT molecular complexity index is 592. The van der Waals surface area contributed by atoms with Gasteiger partial charge in [0.15, 0.2) is 11.5 Å². The summed E-state index contributed by atoms with van der Waals surface area (Å²) in [4.78, 5) is 1.29. The number of ether oxygens (including phenoxy) is 2. The smallest absolute Gasteiger partial charge is 0.161 e. The molecule has 0 saturated carbocycles. The average Bonchev–Trinajstić information content (AvgIpc) is 2.66. The molecule has 19 heavy (non-hydrogen) atoms. The van der Waals surface area contributed by atoms with Crippen molar-refractivity contribution in [2.45, 2.75) is 19.9 Å². The Labute approximate surface area is 117 Å². The molecule has 3 rings (SSSR count). The molecule has 100 valence electrons. The van der Waals surface area contributed by atoms with Crippen LogP contribution in [0.3, 0.4) is 0 Å². The SMILES string of the molecule is Cc1scc(CN)c1-c1ccc2c(c1)OCCCO2. The van der Waals surface area contributed by atoms with Gasteiger partial charge in [0.25, 0.3) is 0 Å². The van der Waals surface area contributed by atoms with Crippen LogP contribution in [0, 0.1) is 6.92 Å². The number of thiophene rings is 1. The molecule has 0 bridgehead atoms. The second-order valence-electron chi connectivity index (χ2n) is 4.61. The summed E-state index contributed by atoms with van der Waals surface area (Å²) in [7, 11) is 0. The summed E-state index contributed by atoms with van der Waals surface area (Å²) < 4.78 is 11.4. The third-order valence-electron chi connectivity index (χ3n) is 3.31. The van der Waals surface area contributed by atoms with Gasteiger partial charge in [0.05, 0.1) is 13.2 Å². The molecule has 2 aromatic rings. The lowest BCUT2D eigenvalue weighted by molar-refractivity contribution is 0.297. The molecule has 0 fully saturated rings. The van der Waals surface area contributed by atoms with E-state index in [4.69, 9.17) is 15.2 Å². The summed E-state index contributed by atoms with van der Waals surface area (Å²) in [6.45, 7) is 4.12. The number of hydrogen-bond acceptors (Lipinski definition) is 4. The van der Waals surface area contributed by atoms with Crippen LogP contribution in [-0.2, 0) is 6.54 Å². The van der Waals surface area contributed by atoms with Gasteiger partial charge in [-0.1, -0.05) is 6.07 Å². The highest BCUT2D eigenvalue weighted by atomic mass is 32.1. The molecule has 0 saturated heterocycles. The van der Waals surface area contributed by atoms with Crippen LogP contribution < -0.4 is 15.2 Å². The Balaban J connectivity index is 2.06. The quantitative estimate of drug-likeness (QED) is 0.914. The van der Waals surface area contributed by atoms with Crippen molar-refractivity contribution in [3.05, 3.63) is 34.0 Å². The third-order valence-corrected chi connectivity index (χ3v) is 4.27. The van der Waals surface area contributed by atoms with Crippen molar-refractivity contribution in [1.29, 1.82) is 0 Å². The molecule has 4 heteroatoms. The van der Waals surface area contributed by atoms with E-state index in [1.54, 1.807) is 11.3 Å². The summed E-state index contributed by atoms with van der Waals surface area (Å²) in [6, 6.07) is 6.14. The van der Waals surface area contributed by atoms with E-state index in [2.05, 4.69) is 24.4 Å². The van der Waals surface area contributed by atoms with Crippen molar-refractivity contribution in [3.8, 4) is 22.6 Å². The molecule has 3 nitrogen and oxygen atoms in total. The molecule has 1 aromatic heterocycles. The van der Waals surface area contributed by atoms with Crippen LogP contribution in [0.5, 0.6) is 11.5 Å². The minimum Gasteiger partial charge on any atom is -0.490 e. The fourth-order valence-electron chi connectivity index (χ4n) is 2.36. The normalized spacial score (nSPS) is 14.2. The minimum atomic E-state index is 0.564. The highest BCUT2D eigenvalue weighted by Gasteiger charge is 2.15. The van der Waals surface area contributed by atoms with Crippen LogP contribution in [0.4, 0.5) is 0 Å². The van der Waals surface area contributed by atoms with Gasteiger partial charge in [-0.3, -0.25) is 0 Å². The zero-order chi connectivity index (χ0) is 13.2. The first-order valence-corrected chi connectivity index (χ1v) is 7.34. The molecular formula is C15H17NO2S. The van der Waals surface area contributed by atoms with E-state index < -0.39 is 0 Å². The Hall–Kier alpha value is -1.52. The largest absolute Gasteiger partial charge is 0.490 e. The number of nitrogens with two attached hydrogens (primary N) is 1. The zero-order valence-electron chi connectivity index (χ0n) is 10.9. The monoisotopic (exact) mass is 275 g/mol. The maximum Gasteiger partial charge on any atom is 0.161 e. The van der Waals surface area contributed by atoms with Gasteiger partial charge in [-0.05, 0) is 41.1 Å². The van der Waals surface area contributed by atoms with E-state index in [1.807, 2.05) is 6.07 Å². The maximum atomic E-state index is 5.81. The molecule has 0 unspecified atom stereocenters. The summed E-state index contributed by atoms with van der Waals surface area (Å²) in [6.07, 6.45) is 0.926. The summed E-state index contributed by atoms with van der Waals surface area (Å²) in [5.41, 5.74) is 9.40. The van der Waals surface area contributed by atoms with Crippen molar-refractivity contribution >= 4 is 11.3 Å². The Morgan fingerprint density at radius 1 is 1.21 bits per heavy atom. The Kier molecular flexibility index (Phi) is 3.44. The fourth-order valence-corrected chi connectivity index (χ4v) is 3.26. The molecule has 0 amide bonds. The van der Waals surface area contributed by atoms with Gasteiger partial charge in [-0.2, -0.15) is 0 Å². The van der Waals surface area contributed by atoms with Crippen LogP contribution >= 0.6 is 11.3 Å². The summed E-state index contributed by atoms with van der Waals surface area (Å²) in [5.74, 6) is 1.67. The topological polar surface area (TPSA) is 44.5 Å². The Morgan fingerprint density at radius 3 is 2.79 bits per heavy atom. The molecule has 2 N–H and O–H groups in total. The fraction of sp³-hybridized carbons (Fsp3) is 0.333. The second kappa shape index (κ2) is 5.23. The van der Waals surface area contributed by atoms with Crippen LogP contribution in [0.2, 0.25) is 0 Å². The first-order chi connectivity index (χ1) is 9.29. The van der Waals surface area contributed by atoms with Crippen LogP contribution in [0.1, 0.15) is 16.9 Å². The van der Waals surface area contributed by atoms with Crippen LogP contribution in [0.25, 0.3) is 11.1 Å². The van der Waals surface area contributed by atoms with Gasteiger partial charge in [0.1, 0.15) is 0 Å². The number of hydrogen-bond donors (Lipinski definition) is 1. The number of aryl methyl sites for hydroxylation is 1. The number of benzene rings is 1. The number of fused-ring (bicyclic) bond motifs is 1. The van der Waals surface area contributed by atoms with Crippen molar-refractivity contribution in [3.63, 3.8) is 0 Å². The molecule has 0 aliphatic carbocycles. The van der Waals surface area contributed by atoms with Gasteiger partial charge in [-0.15, -0.1) is 11.3 Å². The van der Waals surface area contributed by atoms with Crippen molar-refractivity contribution in [1.82, 2.24) is 0 Å². The summed E-state index contributed by atoms with van der Waals surface area (Å²) >= 11 is 1.74. The van der Waals surface area contributed by atoms with Gasteiger partial charge in [-0.25, -0.2) is 0 Å². The molecular weight excluding hydrogens is 258 g/mol. The van der Waals surface area contributed by atoms with Gasteiger partial charge < -0.3 is 15.2 Å². The molecule has 1 aromatic carbocycles. The molecule has 2 heterocycles. The van der Waals surface area contributed by atoms with Crippen molar-refractivity contribution in [2.75, 3.05) is 13.2 Å². The Morgan fingerprint density at radius 2 is 2.00 bits per heavy atom. The molecule has 0 atom stereocenters. The predicted octanol–water partition coefficient (Wildman–Crippen LogP) is 3.34. The van der Waals surface area contributed by atoms with E-state index in [9.17, 15) is 0 Å². The average molecular weight is 275 g/mol. The lowest BCUT2D eigenvalue weighted by Gasteiger charge is -2.10. The van der Waals surface area contributed by atoms with Crippen LogP contribution in [-0.4, -0.2) is 13.2 Å².